The van der Waals surface area contributed by atoms with Gasteiger partial charge in [-0.3, -0.25) is 14.4 Å². The Morgan fingerprint density at radius 2 is 1.43 bits per heavy atom. The van der Waals surface area contributed by atoms with E-state index in [1.807, 2.05) is 6.07 Å². The zero-order chi connectivity index (χ0) is 16.7. The molecular weight excluding hydrogens is 296 g/mol. The molecular formula is C17H16N2O4. The number of hydrogen-bond donors (Lipinski definition) is 3. The van der Waals surface area contributed by atoms with Gasteiger partial charge >= 0.3 is 5.97 Å². The molecule has 1 unspecified atom stereocenters. The molecule has 0 aliphatic rings. The molecule has 0 aromatic heterocycles. The fourth-order valence-corrected chi connectivity index (χ4v) is 1.97. The number of benzene rings is 2. The van der Waals surface area contributed by atoms with E-state index in [1.165, 1.54) is 0 Å². The lowest BCUT2D eigenvalue weighted by molar-refractivity contribution is -0.150. The monoisotopic (exact) mass is 312 g/mol. The summed E-state index contributed by atoms with van der Waals surface area (Å²) in [7, 11) is 0. The number of para-hydroxylation sites is 1. The third kappa shape index (κ3) is 4.67. The molecule has 6 heteroatoms. The number of anilines is 1. The predicted octanol–water partition coefficient (Wildman–Crippen LogP) is 1.64. The number of amides is 2. The van der Waals surface area contributed by atoms with Gasteiger partial charge in [0.1, 0.15) is 0 Å². The van der Waals surface area contributed by atoms with Crippen molar-refractivity contribution in [3.63, 3.8) is 0 Å². The SMILES string of the molecule is O=C(O)C(C(=O)NCc1ccccc1)C(=O)Nc1ccccc1. The van der Waals surface area contributed by atoms with Gasteiger partial charge in [0.15, 0.2) is 0 Å². The number of hydrogen-bond acceptors (Lipinski definition) is 3. The molecule has 2 rings (SSSR count). The maximum atomic E-state index is 12.1. The minimum Gasteiger partial charge on any atom is -0.480 e. The summed E-state index contributed by atoms with van der Waals surface area (Å²) in [4.78, 5) is 35.4. The van der Waals surface area contributed by atoms with Gasteiger partial charge in [0.05, 0.1) is 0 Å². The van der Waals surface area contributed by atoms with Gasteiger partial charge < -0.3 is 15.7 Å². The highest BCUT2D eigenvalue weighted by Gasteiger charge is 2.33. The Labute approximate surface area is 133 Å². The molecule has 0 fully saturated rings. The summed E-state index contributed by atoms with van der Waals surface area (Å²) in [6.45, 7) is 0.155. The van der Waals surface area contributed by atoms with Crippen molar-refractivity contribution in [3.8, 4) is 0 Å². The summed E-state index contributed by atoms with van der Waals surface area (Å²) in [5.74, 6) is -5.04. The lowest BCUT2D eigenvalue weighted by atomic mass is 10.1. The average Bonchev–Trinajstić information content (AvgIpc) is 2.54. The summed E-state index contributed by atoms with van der Waals surface area (Å²) in [5.41, 5.74) is 1.24. The topological polar surface area (TPSA) is 95.5 Å². The van der Waals surface area contributed by atoms with Crippen LogP contribution in [0.1, 0.15) is 5.56 Å². The smallest absolute Gasteiger partial charge is 0.325 e. The summed E-state index contributed by atoms with van der Waals surface area (Å²) in [6, 6.07) is 17.4. The standard InChI is InChI=1S/C17H16N2O4/c20-15(18-11-12-7-3-1-4-8-12)14(17(22)23)16(21)19-13-9-5-2-6-10-13/h1-10,14H,11H2,(H,18,20)(H,19,21)(H,22,23). The number of carbonyl (C=O) groups excluding carboxylic acids is 2. The number of carboxylic acids is 1. The van der Waals surface area contributed by atoms with Crippen molar-refractivity contribution < 1.29 is 19.5 Å². The van der Waals surface area contributed by atoms with E-state index in [2.05, 4.69) is 10.6 Å². The van der Waals surface area contributed by atoms with Gasteiger partial charge in [-0.15, -0.1) is 0 Å². The minimum absolute atomic E-state index is 0.155. The van der Waals surface area contributed by atoms with E-state index >= 15 is 0 Å². The number of rotatable bonds is 6. The van der Waals surface area contributed by atoms with E-state index in [0.29, 0.717) is 5.69 Å². The lowest BCUT2D eigenvalue weighted by Crippen LogP contribution is -2.42. The minimum atomic E-state index is -1.81. The molecule has 6 nitrogen and oxygen atoms in total. The van der Waals surface area contributed by atoms with Crippen LogP contribution in [0.3, 0.4) is 0 Å². The molecule has 2 aromatic carbocycles. The number of carboxylic acid groups (broad SMARTS) is 1. The van der Waals surface area contributed by atoms with Crippen molar-refractivity contribution in [3.05, 3.63) is 66.2 Å². The molecule has 23 heavy (non-hydrogen) atoms. The van der Waals surface area contributed by atoms with E-state index in [0.717, 1.165) is 5.56 Å². The van der Waals surface area contributed by atoms with E-state index in [4.69, 9.17) is 5.11 Å². The lowest BCUT2D eigenvalue weighted by Gasteiger charge is -2.13. The van der Waals surface area contributed by atoms with Crippen molar-refractivity contribution in [2.45, 2.75) is 6.54 Å². The Morgan fingerprint density at radius 1 is 0.870 bits per heavy atom. The van der Waals surface area contributed by atoms with Crippen LogP contribution in [0.5, 0.6) is 0 Å². The van der Waals surface area contributed by atoms with Crippen molar-refractivity contribution in [1.29, 1.82) is 0 Å². The summed E-state index contributed by atoms with van der Waals surface area (Å²) in [6.07, 6.45) is 0. The van der Waals surface area contributed by atoms with Crippen LogP contribution in [-0.4, -0.2) is 22.9 Å². The maximum Gasteiger partial charge on any atom is 0.325 e. The van der Waals surface area contributed by atoms with Crippen LogP contribution < -0.4 is 10.6 Å². The molecule has 1 atom stereocenters. The summed E-state index contributed by atoms with van der Waals surface area (Å²) in [5, 5.41) is 14.1. The van der Waals surface area contributed by atoms with Crippen LogP contribution in [0.4, 0.5) is 5.69 Å². The summed E-state index contributed by atoms with van der Waals surface area (Å²) >= 11 is 0. The maximum absolute atomic E-state index is 12.1. The van der Waals surface area contributed by atoms with Crippen LogP contribution in [0.25, 0.3) is 0 Å². The first kappa shape index (κ1) is 16.2. The van der Waals surface area contributed by atoms with E-state index < -0.39 is 23.7 Å². The first-order valence-electron chi connectivity index (χ1n) is 6.98. The average molecular weight is 312 g/mol. The number of nitrogens with one attached hydrogen (secondary N) is 2. The van der Waals surface area contributed by atoms with Crippen LogP contribution in [0.2, 0.25) is 0 Å². The zero-order valence-corrected chi connectivity index (χ0v) is 12.2. The molecule has 0 saturated heterocycles. The molecule has 0 bridgehead atoms. The Morgan fingerprint density at radius 3 is 2.00 bits per heavy atom. The fraction of sp³-hybridized carbons (Fsp3) is 0.118. The fourth-order valence-electron chi connectivity index (χ4n) is 1.97. The third-order valence-corrected chi connectivity index (χ3v) is 3.12. The van der Waals surface area contributed by atoms with Gasteiger partial charge in [-0.05, 0) is 17.7 Å². The first-order valence-corrected chi connectivity index (χ1v) is 6.98. The van der Waals surface area contributed by atoms with Gasteiger partial charge in [-0.1, -0.05) is 48.5 Å². The first-order chi connectivity index (χ1) is 11.1. The molecule has 3 N–H and O–H groups in total. The third-order valence-electron chi connectivity index (χ3n) is 3.12. The molecule has 118 valence electrons. The van der Waals surface area contributed by atoms with Crippen molar-refractivity contribution in [2.24, 2.45) is 5.92 Å². The molecule has 2 aromatic rings. The van der Waals surface area contributed by atoms with Crippen LogP contribution >= 0.6 is 0 Å². The Hall–Kier alpha value is -3.15. The van der Waals surface area contributed by atoms with Gasteiger partial charge in [0.2, 0.25) is 17.7 Å². The molecule has 0 aliphatic carbocycles. The molecule has 2 amide bonds. The van der Waals surface area contributed by atoms with Crippen molar-refractivity contribution in [2.75, 3.05) is 5.32 Å². The number of carbonyl (C=O) groups is 3. The van der Waals surface area contributed by atoms with Gasteiger partial charge in [0.25, 0.3) is 0 Å². The normalized spacial score (nSPS) is 11.3. The molecule has 0 spiro atoms. The van der Waals surface area contributed by atoms with Crippen molar-refractivity contribution >= 4 is 23.5 Å². The molecule has 0 saturated carbocycles. The Bertz CT molecular complexity index is 686. The highest BCUT2D eigenvalue weighted by Crippen LogP contribution is 2.09. The zero-order valence-electron chi connectivity index (χ0n) is 12.2. The quantitative estimate of drug-likeness (QED) is 0.707. The largest absolute Gasteiger partial charge is 0.480 e. The number of aliphatic carboxylic acids is 1. The van der Waals surface area contributed by atoms with Crippen molar-refractivity contribution in [1.82, 2.24) is 5.32 Å². The van der Waals surface area contributed by atoms with E-state index in [9.17, 15) is 14.4 Å². The van der Waals surface area contributed by atoms with Crippen LogP contribution in [-0.2, 0) is 20.9 Å². The van der Waals surface area contributed by atoms with E-state index in [-0.39, 0.29) is 6.54 Å². The van der Waals surface area contributed by atoms with Gasteiger partial charge in [-0.2, -0.15) is 0 Å². The Balaban J connectivity index is 2.01. The second-order valence-electron chi connectivity index (χ2n) is 4.83. The highest BCUT2D eigenvalue weighted by atomic mass is 16.4. The van der Waals surface area contributed by atoms with Crippen LogP contribution in [0.15, 0.2) is 60.7 Å². The molecule has 0 heterocycles. The van der Waals surface area contributed by atoms with E-state index in [1.54, 1.807) is 54.6 Å². The highest BCUT2D eigenvalue weighted by molar-refractivity contribution is 6.19. The van der Waals surface area contributed by atoms with Gasteiger partial charge in [-0.25, -0.2) is 0 Å². The second kappa shape index (κ2) is 7.74. The van der Waals surface area contributed by atoms with Crippen LogP contribution in [0, 0.1) is 5.92 Å². The Kier molecular flexibility index (Phi) is 5.46. The van der Waals surface area contributed by atoms with Gasteiger partial charge in [0, 0.05) is 12.2 Å². The second-order valence-corrected chi connectivity index (χ2v) is 4.83. The summed E-state index contributed by atoms with van der Waals surface area (Å²) < 4.78 is 0. The molecule has 0 radical (unpaired) electrons. The molecule has 0 aliphatic heterocycles. The predicted molar refractivity (Wildman–Crippen MR) is 84.5 cm³/mol.